The van der Waals surface area contributed by atoms with E-state index in [1.54, 1.807) is 0 Å². The molecule has 0 bridgehead atoms. The molecule has 0 saturated heterocycles. The molecule has 122 valence electrons. The summed E-state index contributed by atoms with van der Waals surface area (Å²) in [6.45, 7) is 0. The second kappa shape index (κ2) is 7.88. The van der Waals surface area contributed by atoms with Gasteiger partial charge in [0.2, 0.25) is 5.52 Å². The predicted molar refractivity (Wildman–Crippen MR) is 77.5 cm³/mol. The number of aromatic nitrogens is 1. The van der Waals surface area contributed by atoms with Crippen molar-refractivity contribution < 1.29 is 33.4 Å². The molecule has 0 aliphatic rings. The standard InChI is InChI=1S/C18H14N.ClHO4/c1-19-17(13-11-15-7-3-2-4-8-15)14-12-16-9-5-6-10-18(16)19;2-1(3,4)5/h2-10,12,14H,1H3;(H,2,3,4,5)/q+1;/p-1. The van der Waals surface area contributed by atoms with E-state index in [4.69, 9.17) is 18.6 Å². The maximum Gasteiger partial charge on any atom is 0.257 e. The van der Waals surface area contributed by atoms with Crippen molar-refractivity contribution in [2.75, 3.05) is 0 Å². The Labute approximate surface area is 141 Å². The van der Waals surface area contributed by atoms with Crippen LogP contribution in [0.2, 0.25) is 0 Å². The Morgan fingerprint density at radius 2 is 1.33 bits per heavy atom. The topological polar surface area (TPSA) is 96.1 Å². The highest BCUT2D eigenvalue weighted by molar-refractivity contribution is 5.75. The van der Waals surface area contributed by atoms with E-state index in [2.05, 4.69) is 59.9 Å². The average molecular weight is 344 g/mol. The predicted octanol–water partition coefficient (Wildman–Crippen LogP) is -1.69. The monoisotopic (exact) mass is 343 g/mol. The second-order valence-electron chi connectivity index (χ2n) is 4.83. The van der Waals surface area contributed by atoms with Crippen molar-refractivity contribution in [1.29, 1.82) is 0 Å². The van der Waals surface area contributed by atoms with Gasteiger partial charge in [0.05, 0.1) is 0 Å². The van der Waals surface area contributed by atoms with Crippen LogP contribution in [-0.2, 0) is 7.05 Å². The van der Waals surface area contributed by atoms with Crippen LogP contribution in [0.15, 0.2) is 66.7 Å². The van der Waals surface area contributed by atoms with E-state index in [0.717, 1.165) is 11.3 Å². The molecule has 0 unspecified atom stereocenters. The van der Waals surface area contributed by atoms with Crippen LogP contribution in [0.5, 0.6) is 0 Å². The van der Waals surface area contributed by atoms with Crippen molar-refractivity contribution in [3.8, 4) is 11.8 Å². The molecule has 0 aliphatic heterocycles. The third kappa shape index (κ3) is 5.63. The first-order valence-electron chi connectivity index (χ1n) is 6.91. The van der Waals surface area contributed by atoms with E-state index < -0.39 is 10.2 Å². The zero-order valence-electron chi connectivity index (χ0n) is 12.8. The second-order valence-corrected chi connectivity index (χ2v) is 5.59. The normalized spacial score (nSPS) is 10.4. The molecule has 3 rings (SSSR count). The molecule has 0 radical (unpaired) electrons. The minimum atomic E-state index is -4.94. The van der Waals surface area contributed by atoms with Crippen LogP contribution in [0.4, 0.5) is 0 Å². The number of pyridine rings is 1. The molecule has 0 N–H and O–H groups in total. The summed E-state index contributed by atoms with van der Waals surface area (Å²) in [7, 11) is -2.89. The summed E-state index contributed by atoms with van der Waals surface area (Å²) >= 11 is 0. The first-order chi connectivity index (χ1) is 11.3. The molecule has 0 amide bonds. The first kappa shape index (κ1) is 17.9. The lowest BCUT2D eigenvalue weighted by atomic mass is 10.2. The van der Waals surface area contributed by atoms with Gasteiger partial charge in [0, 0.05) is 29.0 Å². The largest absolute Gasteiger partial charge is 0.257 e. The molecule has 1 heterocycles. The van der Waals surface area contributed by atoms with E-state index in [1.807, 2.05) is 30.3 Å². The van der Waals surface area contributed by atoms with Gasteiger partial charge in [0.15, 0.2) is 0 Å². The highest BCUT2D eigenvalue weighted by Crippen LogP contribution is 2.09. The fraction of sp³-hybridized carbons (Fsp3) is 0.0556. The summed E-state index contributed by atoms with van der Waals surface area (Å²) in [4.78, 5) is 0. The maximum atomic E-state index is 8.49. The van der Waals surface area contributed by atoms with E-state index in [9.17, 15) is 0 Å². The SMILES string of the molecule is C[n+]1c(C#Cc2ccccc2)ccc2ccccc21.[O-][Cl+3]([O-])([O-])[O-]. The van der Waals surface area contributed by atoms with Crippen molar-refractivity contribution in [2.24, 2.45) is 7.05 Å². The van der Waals surface area contributed by atoms with Crippen LogP contribution in [-0.4, -0.2) is 0 Å². The third-order valence-electron chi connectivity index (χ3n) is 3.19. The first-order valence-corrected chi connectivity index (χ1v) is 8.14. The minimum Gasteiger partial charge on any atom is -0.222 e. The molecule has 0 atom stereocenters. The van der Waals surface area contributed by atoms with Crippen LogP contribution in [0, 0.1) is 22.1 Å². The molecule has 24 heavy (non-hydrogen) atoms. The lowest BCUT2D eigenvalue weighted by Crippen LogP contribution is -2.68. The summed E-state index contributed by atoms with van der Waals surface area (Å²) in [5, 5.41) is 1.23. The summed E-state index contributed by atoms with van der Waals surface area (Å²) in [5.41, 5.74) is 3.25. The fourth-order valence-corrected chi connectivity index (χ4v) is 2.13. The van der Waals surface area contributed by atoms with E-state index >= 15 is 0 Å². The third-order valence-corrected chi connectivity index (χ3v) is 3.19. The van der Waals surface area contributed by atoms with Gasteiger partial charge in [-0.1, -0.05) is 36.3 Å². The molecule has 0 spiro atoms. The Bertz CT molecular complexity index is 874. The number of rotatable bonds is 0. The molecule has 5 nitrogen and oxygen atoms in total. The van der Waals surface area contributed by atoms with Crippen molar-refractivity contribution in [3.63, 3.8) is 0 Å². The van der Waals surface area contributed by atoms with Crippen LogP contribution in [0.1, 0.15) is 11.3 Å². The molecule has 2 aromatic carbocycles. The van der Waals surface area contributed by atoms with Gasteiger partial charge in [-0.2, -0.15) is 4.57 Å². The van der Waals surface area contributed by atoms with Crippen LogP contribution >= 0.6 is 0 Å². The van der Waals surface area contributed by atoms with Crippen LogP contribution in [0.3, 0.4) is 0 Å². The molecular formula is C18H14ClNO4. The van der Waals surface area contributed by atoms with Crippen LogP contribution in [0.25, 0.3) is 10.9 Å². The van der Waals surface area contributed by atoms with Gasteiger partial charge >= 0.3 is 0 Å². The van der Waals surface area contributed by atoms with Crippen molar-refractivity contribution in [3.05, 3.63) is 78.0 Å². The van der Waals surface area contributed by atoms with Gasteiger partial charge in [-0.3, -0.25) is 0 Å². The Balaban J connectivity index is 0.000000368. The summed E-state index contributed by atoms with van der Waals surface area (Å²) in [6, 6.07) is 22.6. The van der Waals surface area contributed by atoms with Gasteiger partial charge in [-0.15, -0.1) is 10.2 Å². The summed E-state index contributed by atoms with van der Waals surface area (Å²) < 4.78 is 36.1. The number of aryl methyl sites for hydroxylation is 1. The maximum absolute atomic E-state index is 8.49. The zero-order valence-corrected chi connectivity index (χ0v) is 13.6. The molecule has 0 saturated carbocycles. The number of fused-ring (bicyclic) bond motifs is 1. The van der Waals surface area contributed by atoms with Gasteiger partial charge in [-0.25, -0.2) is 18.6 Å². The van der Waals surface area contributed by atoms with Crippen molar-refractivity contribution in [1.82, 2.24) is 0 Å². The molecule has 6 heteroatoms. The Morgan fingerprint density at radius 1 is 0.750 bits per heavy atom. The number of hydrogen-bond donors (Lipinski definition) is 0. The number of nitrogens with zero attached hydrogens (tertiary/aromatic N) is 1. The lowest BCUT2D eigenvalue weighted by molar-refractivity contribution is -2.00. The Hall–Kier alpha value is -2.46. The van der Waals surface area contributed by atoms with Gasteiger partial charge < -0.3 is 0 Å². The van der Waals surface area contributed by atoms with E-state index in [-0.39, 0.29) is 0 Å². The highest BCUT2D eigenvalue weighted by Gasteiger charge is 2.08. The highest BCUT2D eigenvalue weighted by atomic mass is 35.7. The van der Waals surface area contributed by atoms with Crippen molar-refractivity contribution in [2.45, 2.75) is 0 Å². The van der Waals surface area contributed by atoms with E-state index in [0.29, 0.717) is 0 Å². The quantitative estimate of drug-likeness (QED) is 0.359. The smallest absolute Gasteiger partial charge is 0.222 e. The zero-order chi connectivity index (χ0) is 17.6. The molecule has 0 fully saturated rings. The number of para-hydroxylation sites is 1. The Morgan fingerprint density at radius 3 is 2.00 bits per heavy atom. The van der Waals surface area contributed by atoms with E-state index in [1.165, 1.54) is 10.9 Å². The lowest BCUT2D eigenvalue weighted by Gasteiger charge is -2.17. The minimum absolute atomic E-state index is 1.02. The molecule has 1 aromatic heterocycles. The number of hydrogen-bond acceptors (Lipinski definition) is 4. The fourth-order valence-electron chi connectivity index (χ4n) is 2.13. The number of benzene rings is 2. The van der Waals surface area contributed by atoms with Gasteiger partial charge in [0.25, 0.3) is 5.69 Å². The van der Waals surface area contributed by atoms with Gasteiger partial charge in [-0.05, 0) is 24.3 Å². The average Bonchev–Trinajstić information content (AvgIpc) is 2.54. The summed E-state index contributed by atoms with van der Waals surface area (Å²) in [5.74, 6) is 6.43. The molecule has 3 aromatic rings. The molecule has 0 aliphatic carbocycles. The van der Waals surface area contributed by atoms with Gasteiger partial charge in [0.1, 0.15) is 7.05 Å². The number of halogens is 1. The summed E-state index contributed by atoms with van der Waals surface area (Å²) in [6.07, 6.45) is 0. The Kier molecular flexibility index (Phi) is 5.88. The van der Waals surface area contributed by atoms with Crippen molar-refractivity contribution >= 4 is 10.9 Å². The molecular weight excluding hydrogens is 330 g/mol. The van der Waals surface area contributed by atoms with Crippen LogP contribution < -0.4 is 23.2 Å².